The summed E-state index contributed by atoms with van der Waals surface area (Å²) in [6, 6.07) is 11.0. The van der Waals surface area contributed by atoms with Crippen LogP contribution in [0, 0.1) is 0 Å². The van der Waals surface area contributed by atoms with Crippen LogP contribution in [0.5, 0.6) is 0 Å². The van der Waals surface area contributed by atoms with Gasteiger partial charge >= 0.3 is 5.97 Å². The Morgan fingerprint density at radius 3 is 2.47 bits per heavy atom. The summed E-state index contributed by atoms with van der Waals surface area (Å²) in [7, 11) is 0. The third-order valence-corrected chi connectivity index (χ3v) is 3.48. The second-order valence-corrected chi connectivity index (χ2v) is 5.05. The number of hydrogen-bond donors (Lipinski definition) is 3. The molecule has 0 spiro atoms. The molecule has 0 saturated carbocycles. The Kier molecular flexibility index (Phi) is 3.76. The second-order valence-electron chi connectivity index (χ2n) is 4.20. The van der Waals surface area contributed by atoms with Crippen molar-refractivity contribution in [3.05, 3.63) is 46.4 Å². The molecule has 98 valence electrons. The maximum absolute atomic E-state index is 10.8. The molecule has 0 amide bonds. The van der Waals surface area contributed by atoms with Crippen molar-refractivity contribution in [3.8, 4) is 11.1 Å². The van der Waals surface area contributed by atoms with Crippen molar-refractivity contribution < 1.29 is 9.90 Å². The maximum Gasteiger partial charge on any atom is 0.307 e. The van der Waals surface area contributed by atoms with Gasteiger partial charge in [0.2, 0.25) is 0 Å². The summed E-state index contributed by atoms with van der Waals surface area (Å²) in [4.78, 5) is 10.8. The molecule has 0 aliphatic carbocycles. The largest absolute Gasteiger partial charge is 0.481 e. The van der Waals surface area contributed by atoms with Gasteiger partial charge in [-0.25, -0.2) is 0 Å². The number of carbonyl (C=O) groups is 1. The van der Waals surface area contributed by atoms with E-state index in [4.69, 9.17) is 16.6 Å². The minimum atomic E-state index is -0.901. The monoisotopic (exact) mass is 320 g/mol. The van der Waals surface area contributed by atoms with Crippen molar-refractivity contribution in [1.29, 1.82) is 0 Å². The van der Waals surface area contributed by atoms with E-state index >= 15 is 0 Å². The average Bonchev–Trinajstić information content (AvgIpc) is 2.34. The number of hydrogen-bond acceptors (Lipinski definition) is 3. The Morgan fingerprint density at radius 2 is 1.84 bits per heavy atom. The standard InChI is InChI=1S/C14H13BrN2O2/c15-11-4-2-1-3-9(11)10-5-8(7-13(18)19)6-12(16)14(10)17/h1-6H,7,16-17H2,(H,18,19). The van der Waals surface area contributed by atoms with E-state index in [0.29, 0.717) is 16.9 Å². The molecule has 0 bridgehead atoms. The van der Waals surface area contributed by atoms with Crippen molar-refractivity contribution >= 4 is 33.3 Å². The fourth-order valence-corrected chi connectivity index (χ4v) is 2.42. The van der Waals surface area contributed by atoms with E-state index in [1.165, 1.54) is 0 Å². The summed E-state index contributed by atoms with van der Waals surface area (Å²) >= 11 is 3.45. The van der Waals surface area contributed by atoms with Crippen molar-refractivity contribution in [3.63, 3.8) is 0 Å². The van der Waals surface area contributed by atoms with Crippen LogP contribution >= 0.6 is 15.9 Å². The minimum absolute atomic E-state index is 0.0814. The average molecular weight is 321 g/mol. The topological polar surface area (TPSA) is 89.3 Å². The smallest absolute Gasteiger partial charge is 0.307 e. The molecule has 0 saturated heterocycles. The first kappa shape index (κ1) is 13.4. The van der Waals surface area contributed by atoms with Crippen LogP contribution in [0.1, 0.15) is 5.56 Å². The van der Waals surface area contributed by atoms with Gasteiger partial charge in [-0.05, 0) is 29.3 Å². The van der Waals surface area contributed by atoms with Crippen LogP contribution in [0.25, 0.3) is 11.1 Å². The zero-order chi connectivity index (χ0) is 14.0. The number of halogens is 1. The van der Waals surface area contributed by atoms with Crippen LogP contribution in [-0.2, 0) is 11.2 Å². The molecular weight excluding hydrogens is 308 g/mol. The second kappa shape index (κ2) is 5.32. The Bertz CT molecular complexity index is 641. The van der Waals surface area contributed by atoms with Gasteiger partial charge in [-0.1, -0.05) is 34.1 Å². The van der Waals surface area contributed by atoms with Crippen molar-refractivity contribution in [2.75, 3.05) is 11.5 Å². The third-order valence-electron chi connectivity index (χ3n) is 2.79. The molecule has 0 unspecified atom stereocenters. The molecule has 5 N–H and O–H groups in total. The van der Waals surface area contributed by atoms with Gasteiger partial charge in [0, 0.05) is 10.0 Å². The number of aliphatic carboxylic acids is 1. The lowest BCUT2D eigenvalue weighted by molar-refractivity contribution is -0.136. The molecule has 0 radical (unpaired) electrons. The summed E-state index contributed by atoms with van der Waals surface area (Å²) in [6.07, 6.45) is -0.0814. The highest BCUT2D eigenvalue weighted by Gasteiger charge is 2.12. The fourth-order valence-electron chi connectivity index (χ4n) is 1.92. The Balaban J connectivity index is 2.59. The third kappa shape index (κ3) is 2.88. The van der Waals surface area contributed by atoms with Gasteiger partial charge in [0.15, 0.2) is 0 Å². The van der Waals surface area contributed by atoms with E-state index in [9.17, 15) is 4.79 Å². The lowest BCUT2D eigenvalue weighted by Crippen LogP contribution is -2.04. The first-order chi connectivity index (χ1) is 8.99. The van der Waals surface area contributed by atoms with E-state index in [1.807, 2.05) is 24.3 Å². The molecular formula is C14H13BrN2O2. The van der Waals surface area contributed by atoms with Crippen LogP contribution in [0.15, 0.2) is 40.9 Å². The summed E-state index contributed by atoms with van der Waals surface area (Å²) in [5.41, 5.74) is 15.0. The van der Waals surface area contributed by atoms with Crippen LogP contribution in [-0.4, -0.2) is 11.1 Å². The number of nitrogens with two attached hydrogens (primary N) is 2. The zero-order valence-corrected chi connectivity index (χ0v) is 11.6. The number of carboxylic acids is 1. The number of carboxylic acid groups (broad SMARTS) is 1. The SMILES string of the molecule is Nc1cc(CC(=O)O)cc(-c2ccccc2Br)c1N. The van der Waals surface area contributed by atoms with Crippen LogP contribution in [0.2, 0.25) is 0 Å². The predicted molar refractivity (Wildman–Crippen MR) is 79.7 cm³/mol. The van der Waals surface area contributed by atoms with E-state index in [-0.39, 0.29) is 6.42 Å². The first-order valence-electron chi connectivity index (χ1n) is 5.63. The molecule has 2 rings (SSSR count). The number of benzene rings is 2. The van der Waals surface area contributed by atoms with Gasteiger partial charge in [0.25, 0.3) is 0 Å². The highest BCUT2D eigenvalue weighted by Crippen LogP contribution is 2.36. The van der Waals surface area contributed by atoms with Crippen LogP contribution in [0.4, 0.5) is 11.4 Å². The predicted octanol–water partition coefficient (Wildman–Crippen LogP) is 2.91. The molecule has 0 heterocycles. The summed E-state index contributed by atoms with van der Waals surface area (Å²) in [5, 5.41) is 8.86. The molecule has 2 aromatic rings. The lowest BCUT2D eigenvalue weighted by atomic mass is 9.98. The van der Waals surface area contributed by atoms with Gasteiger partial charge in [-0.3, -0.25) is 4.79 Å². The Labute approximate surface area is 119 Å². The first-order valence-corrected chi connectivity index (χ1v) is 6.43. The number of rotatable bonds is 3. The fraction of sp³-hybridized carbons (Fsp3) is 0.0714. The van der Waals surface area contributed by atoms with Gasteiger partial charge in [0.1, 0.15) is 0 Å². The molecule has 0 atom stereocenters. The Hall–Kier alpha value is -2.01. The minimum Gasteiger partial charge on any atom is -0.481 e. The summed E-state index contributed by atoms with van der Waals surface area (Å²) < 4.78 is 0.883. The molecule has 0 fully saturated rings. The van der Waals surface area contributed by atoms with Crippen molar-refractivity contribution in [2.45, 2.75) is 6.42 Å². The molecule has 4 nitrogen and oxygen atoms in total. The highest BCUT2D eigenvalue weighted by molar-refractivity contribution is 9.10. The van der Waals surface area contributed by atoms with Gasteiger partial charge in [0.05, 0.1) is 17.8 Å². The number of nitrogen functional groups attached to an aromatic ring is 2. The van der Waals surface area contributed by atoms with Gasteiger partial charge < -0.3 is 16.6 Å². The molecule has 0 aromatic heterocycles. The van der Waals surface area contributed by atoms with Gasteiger partial charge in [-0.15, -0.1) is 0 Å². The van der Waals surface area contributed by atoms with E-state index in [2.05, 4.69) is 15.9 Å². The van der Waals surface area contributed by atoms with Crippen LogP contribution in [0.3, 0.4) is 0 Å². The lowest BCUT2D eigenvalue weighted by Gasteiger charge is -2.12. The highest BCUT2D eigenvalue weighted by atomic mass is 79.9. The summed E-state index contributed by atoms with van der Waals surface area (Å²) in [6.45, 7) is 0. The van der Waals surface area contributed by atoms with Crippen LogP contribution < -0.4 is 11.5 Å². The molecule has 0 aliphatic heterocycles. The van der Waals surface area contributed by atoms with Crippen molar-refractivity contribution in [2.24, 2.45) is 0 Å². The molecule has 5 heteroatoms. The van der Waals surface area contributed by atoms with E-state index in [0.717, 1.165) is 15.6 Å². The quantitative estimate of drug-likeness (QED) is 0.758. The van der Waals surface area contributed by atoms with Crippen molar-refractivity contribution in [1.82, 2.24) is 0 Å². The maximum atomic E-state index is 10.8. The number of anilines is 2. The molecule has 2 aromatic carbocycles. The molecule has 19 heavy (non-hydrogen) atoms. The van der Waals surface area contributed by atoms with E-state index in [1.54, 1.807) is 12.1 Å². The van der Waals surface area contributed by atoms with Gasteiger partial charge in [-0.2, -0.15) is 0 Å². The molecule has 0 aliphatic rings. The van der Waals surface area contributed by atoms with E-state index < -0.39 is 5.97 Å². The Morgan fingerprint density at radius 1 is 1.16 bits per heavy atom. The zero-order valence-electron chi connectivity index (χ0n) is 10.1. The normalized spacial score (nSPS) is 10.4. The summed E-state index contributed by atoms with van der Waals surface area (Å²) in [5.74, 6) is -0.901.